The number of pyridine rings is 2. The number of hydrogen-bond donors (Lipinski definition) is 2. The van der Waals surface area contributed by atoms with Gasteiger partial charge in [-0.3, -0.25) is 4.98 Å². The average Bonchev–Trinajstić information content (AvgIpc) is 2.27. The Morgan fingerprint density at radius 1 is 1.17 bits per heavy atom. The van der Waals surface area contributed by atoms with Gasteiger partial charge in [0.05, 0.1) is 5.69 Å². The molecule has 0 aliphatic heterocycles. The number of hydrogen-bond acceptors (Lipinski definition) is 4. The first-order chi connectivity index (χ1) is 8.39. The molecule has 0 saturated carbocycles. The lowest BCUT2D eigenvalue weighted by Gasteiger charge is -2.15. The van der Waals surface area contributed by atoms with Crippen LogP contribution < -0.4 is 11.5 Å². The van der Waals surface area contributed by atoms with E-state index in [4.69, 9.17) is 11.5 Å². The van der Waals surface area contributed by atoms with E-state index in [0.29, 0.717) is 0 Å². The molecule has 0 bridgehead atoms. The maximum atomic E-state index is 12.9. The summed E-state index contributed by atoms with van der Waals surface area (Å²) in [4.78, 5) is 7.46. The van der Waals surface area contributed by atoms with Gasteiger partial charge in [0.25, 0.3) is 0 Å². The van der Waals surface area contributed by atoms with Crippen LogP contribution in [0.1, 0.15) is 5.56 Å². The topological polar surface area (TPSA) is 77.8 Å². The highest BCUT2D eigenvalue weighted by molar-refractivity contribution is 5.72. The molecule has 2 rings (SSSR count). The van der Waals surface area contributed by atoms with E-state index < -0.39 is 17.4 Å². The molecular formula is C11H9F3N4. The maximum Gasteiger partial charge on any atom is 0.420 e. The quantitative estimate of drug-likeness (QED) is 0.818. The molecule has 0 saturated heterocycles. The van der Waals surface area contributed by atoms with Gasteiger partial charge in [0, 0.05) is 29.7 Å². The number of anilines is 2. The van der Waals surface area contributed by atoms with Crippen molar-refractivity contribution in [1.29, 1.82) is 0 Å². The summed E-state index contributed by atoms with van der Waals surface area (Å²) in [6, 6.07) is 3.96. The number of rotatable bonds is 1. The molecule has 7 heteroatoms. The van der Waals surface area contributed by atoms with Gasteiger partial charge in [-0.15, -0.1) is 0 Å². The Balaban J connectivity index is 2.74. The lowest BCUT2D eigenvalue weighted by atomic mass is 10.1. The van der Waals surface area contributed by atoms with Crippen LogP contribution >= 0.6 is 0 Å². The van der Waals surface area contributed by atoms with E-state index in [1.807, 2.05) is 0 Å². The second-order valence-electron chi connectivity index (χ2n) is 3.60. The average molecular weight is 254 g/mol. The number of halogens is 3. The van der Waals surface area contributed by atoms with Crippen molar-refractivity contribution < 1.29 is 13.2 Å². The van der Waals surface area contributed by atoms with Crippen LogP contribution in [0.2, 0.25) is 0 Å². The van der Waals surface area contributed by atoms with Crippen LogP contribution in [-0.2, 0) is 6.18 Å². The molecule has 0 aromatic carbocycles. The van der Waals surface area contributed by atoms with E-state index in [1.54, 1.807) is 0 Å². The van der Waals surface area contributed by atoms with Crippen LogP contribution in [0.25, 0.3) is 11.3 Å². The van der Waals surface area contributed by atoms with Gasteiger partial charge >= 0.3 is 6.18 Å². The second kappa shape index (κ2) is 4.17. The van der Waals surface area contributed by atoms with E-state index in [9.17, 15) is 13.2 Å². The summed E-state index contributed by atoms with van der Waals surface area (Å²) in [5, 5.41) is 0. The van der Waals surface area contributed by atoms with E-state index in [2.05, 4.69) is 9.97 Å². The Bertz CT molecular complexity index is 566. The molecule has 0 fully saturated rings. The fourth-order valence-corrected chi connectivity index (χ4v) is 1.60. The van der Waals surface area contributed by atoms with Crippen molar-refractivity contribution in [3.63, 3.8) is 0 Å². The Hall–Kier alpha value is -2.31. The minimum atomic E-state index is -4.60. The molecule has 2 heterocycles. The first kappa shape index (κ1) is 12.2. The minimum absolute atomic E-state index is 0.0700. The standard InChI is InChI=1S/C11H9F3N4/c12-11(13,14)9-7(15)4-8(16)18-10(9)6-2-1-3-17-5-6/h1-5H,(H4,15,16,18). The maximum absolute atomic E-state index is 12.9. The van der Waals surface area contributed by atoms with Gasteiger partial charge in [-0.1, -0.05) is 0 Å². The fourth-order valence-electron chi connectivity index (χ4n) is 1.60. The van der Waals surface area contributed by atoms with Crippen LogP contribution in [-0.4, -0.2) is 9.97 Å². The summed E-state index contributed by atoms with van der Waals surface area (Å²) >= 11 is 0. The molecule has 0 spiro atoms. The van der Waals surface area contributed by atoms with Crippen molar-refractivity contribution in [2.45, 2.75) is 6.18 Å². The molecule has 18 heavy (non-hydrogen) atoms. The van der Waals surface area contributed by atoms with E-state index >= 15 is 0 Å². The highest BCUT2D eigenvalue weighted by atomic mass is 19.4. The molecule has 0 atom stereocenters. The van der Waals surface area contributed by atoms with Crippen molar-refractivity contribution in [3.05, 3.63) is 36.2 Å². The summed E-state index contributed by atoms with van der Waals surface area (Å²) in [7, 11) is 0. The van der Waals surface area contributed by atoms with Crippen LogP contribution in [0.3, 0.4) is 0 Å². The van der Waals surface area contributed by atoms with Crippen molar-refractivity contribution in [2.24, 2.45) is 0 Å². The molecule has 4 nitrogen and oxygen atoms in total. The summed E-state index contributed by atoms with van der Waals surface area (Å²) in [5.74, 6) is -0.0700. The van der Waals surface area contributed by atoms with Crippen LogP contribution in [0.15, 0.2) is 30.6 Å². The Morgan fingerprint density at radius 2 is 1.89 bits per heavy atom. The molecular weight excluding hydrogens is 245 g/mol. The predicted octanol–water partition coefficient (Wildman–Crippen LogP) is 2.33. The smallest absolute Gasteiger partial charge is 0.398 e. The van der Waals surface area contributed by atoms with Crippen molar-refractivity contribution in [2.75, 3.05) is 11.5 Å². The zero-order valence-electron chi connectivity index (χ0n) is 9.07. The van der Waals surface area contributed by atoms with Gasteiger partial charge in [0.1, 0.15) is 11.4 Å². The highest BCUT2D eigenvalue weighted by Gasteiger charge is 2.37. The SMILES string of the molecule is Nc1cc(N)c(C(F)(F)F)c(-c2cccnc2)n1. The van der Waals surface area contributed by atoms with E-state index in [1.165, 1.54) is 24.5 Å². The van der Waals surface area contributed by atoms with E-state index in [0.717, 1.165) is 6.07 Å². The highest BCUT2D eigenvalue weighted by Crippen LogP contribution is 2.40. The number of nitrogens with two attached hydrogens (primary N) is 2. The Morgan fingerprint density at radius 3 is 2.44 bits per heavy atom. The third-order valence-electron chi connectivity index (χ3n) is 2.29. The third-order valence-corrected chi connectivity index (χ3v) is 2.29. The summed E-state index contributed by atoms with van der Waals surface area (Å²) in [5.41, 5.74) is 9.27. The second-order valence-corrected chi connectivity index (χ2v) is 3.60. The number of alkyl halides is 3. The molecule has 0 amide bonds. The Labute approximate surface area is 100 Å². The molecule has 94 valence electrons. The third kappa shape index (κ3) is 2.20. The fraction of sp³-hybridized carbons (Fsp3) is 0.0909. The zero-order chi connectivity index (χ0) is 13.3. The molecule has 0 unspecified atom stereocenters. The largest absolute Gasteiger partial charge is 0.420 e. The van der Waals surface area contributed by atoms with E-state index in [-0.39, 0.29) is 17.1 Å². The number of aromatic nitrogens is 2. The predicted molar refractivity (Wildman–Crippen MR) is 61.3 cm³/mol. The molecule has 2 aromatic rings. The zero-order valence-corrected chi connectivity index (χ0v) is 9.07. The first-order valence-electron chi connectivity index (χ1n) is 4.93. The van der Waals surface area contributed by atoms with Crippen molar-refractivity contribution >= 4 is 11.5 Å². The summed E-state index contributed by atoms with van der Waals surface area (Å²) in [6.45, 7) is 0. The Kier molecular flexibility index (Phi) is 2.82. The van der Waals surface area contributed by atoms with Gasteiger partial charge in [-0.05, 0) is 12.1 Å². The number of nitrogen functional groups attached to an aromatic ring is 2. The minimum Gasteiger partial charge on any atom is -0.398 e. The lowest BCUT2D eigenvalue weighted by molar-refractivity contribution is -0.136. The summed E-state index contributed by atoms with van der Waals surface area (Å²) in [6.07, 6.45) is -1.88. The van der Waals surface area contributed by atoms with Crippen molar-refractivity contribution in [3.8, 4) is 11.3 Å². The van der Waals surface area contributed by atoms with Crippen LogP contribution in [0.4, 0.5) is 24.7 Å². The normalized spacial score (nSPS) is 11.5. The van der Waals surface area contributed by atoms with Crippen LogP contribution in [0, 0.1) is 0 Å². The molecule has 4 N–H and O–H groups in total. The first-order valence-corrected chi connectivity index (χ1v) is 4.93. The molecule has 0 aliphatic carbocycles. The van der Waals surface area contributed by atoms with Gasteiger partial charge in [-0.2, -0.15) is 13.2 Å². The van der Waals surface area contributed by atoms with Gasteiger partial charge < -0.3 is 11.5 Å². The van der Waals surface area contributed by atoms with Gasteiger partial charge in [0.2, 0.25) is 0 Å². The van der Waals surface area contributed by atoms with Gasteiger partial charge in [-0.25, -0.2) is 4.98 Å². The van der Waals surface area contributed by atoms with Crippen molar-refractivity contribution in [1.82, 2.24) is 9.97 Å². The van der Waals surface area contributed by atoms with Gasteiger partial charge in [0.15, 0.2) is 0 Å². The molecule has 0 radical (unpaired) electrons. The molecule has 0 aliphatic rings. The number of nitrogens with zero attached hydrogens (tertiary/aromatic N) is 2. The molecule has 2 aromatic heterocycles. The summed E-state index contributed by atoms with van der Waals surface area (Å²) < 4.78 is 38.8. The monoisotopic (exact) mass is 254 g/mol. The van der Waals surface area contributed by atoms with Crippen LogP contribution in [0.5, 0.6) is 0 Å². The lowest BCUT2D eigenvalue weighted by Crippen LogP contribution is -2.13.